The molecule has 1 fully saturated rings. The number of piperidine rings is 1. The van der Waals surface area contributed by atoms with E-state index in [0.717, 1.165) is 19.0 Å². The fraction of sp³-hybridized carbons (Fsp3) is 1.00. The molecular weight excluding hydrogens is 174 g/mol. The minimum Gasteiger partial charge on any atom is -0.330 e. The lowest BCUT2D eigenvalue weighted by Gasteiger charge is -2.35. The molecule has 14 heavy (non-hydrogen) atoms. The van der Waals surface area contributed by atoms with Crippen LogP contribution in [0.2, 0.25) is 0 Å². The summed E-state index contributed by atoms with van der Waals surface area (Å²) < 4.78 is 0. The molecule has 0 radical (unpaired) electrons. The Morgan fingerprint density at radius 2 is 2.07 bits per heavy atom. The summed E-state index contributed by atoms with van der Waals surface area (Å²) in [7, 11) is 4.28. The van der Waals surface area contributed by atoms with Crippen molar-refractivity contribution in [3.05, 3.63) is 0 Å². The second-order valence-corrected chi connectivity index (χ2v) is 4.89. The number of rotatable bonds is 4. The lowest BCUT2D eigenvalue weighted by molar-refractivity contribution is 0.195. The first-order valence-electron chi connectivity index (χ1n) is 5.71. The van der Waals surface area contributed by atoms with Crippen LogP contribution < -0.4 is 11.1 Å². The maximum Gasteiger partial charge on any atom is 0.00416 e. The molecule has 84 valence electrons. The van der Waals surface area contributed by atoms with Gasteiger partial charge in [-0.2, -0.15) is 0 Å². The molecule has 0 spiro atoms. The fourth-order valence-corrected chi connectivity index (χ4v) is 2.30. The van der Waals surface area contributed by atoms with Crippen molar-refractivity contribution in [2.75, 3.05) is 33.7 Å². The lowest BCUT2D eigenvalue weighted by atomic mass is 9.81. The molecule has 0 bridgehead atoms. The van der Waals surface area contributed by atoms with Crippen LogP contribution in [0.15, 0.2) is 0 Å². The largest absolute Gasteiger partial charge is 0.330 e. The Morgan fingerprint density at radius 1 is 1.36 bits per heavy atom. The molecule has 0 aromatic heterocycles. The molecule has 0 saturated carbocycles. The van der Waals surface area contributed by atoms with E-state index in [0.29, 0.717) is 12.0 Å². The van der Waals surface area contributed by atoms with Crippen molar-refractivity contribution in [2.24, 2.45) is 17.6 Å². The molecule has 0 aromatic rings. The smallest absolute Gasteiger partial charge is 0.00416 e. The Morgan fingerprint density at radius 3 is 2.64 bits per heavy atom. The molecule has 0 aliphatic carbocycles. The van der Waals surface area contributed by atoms with Gasteiger partial charge in [0, 0.05) is 6.04 Å². The first kappa shape index (κ1) is 12.0. The summed E-state index contributed by atoms with van der Waals surface area (Å²) >= 11 is 0. The van der Waals surface area contributed by atoms with E-state index in [4.69, 9.17) is 5.73 Å². The highest BCUT2D eigenvalue weighted by molar-refractivity contribution is 4.83. The molecule has 1 heterocycles. The molecule has 3 heteroatoms. The van der Waals surface area contributed by atoms with Gasteiger partial charge in [-0.25, -0.2) is 0 Å². The molecule has 1 rings (SSSR count). The van der Waals surface area contributed by atoms with Crippen molar-refractivity contribution < 1.29 is 0 Å². The maximum absolute atomic E-state index is 5.79. The van der Waals surface area contributed by atoms with Crippen LogP contribution in [0, 0.1) is 11.8 Å². The molecule has 3 nitrogen and oxygen atoms in total. The Bertz CT molecular complexity index is 159. The monoisotopic (exact) mass is 199 g/mol. The first-order valence-corrected chi connectivity index (χ1v) is 5.71. The number of hydrogen-bond donors (Lipinski definition) is 2. The van der Waals surface area contributed by atoms with Gasteiger partial charge in [0.2, 0.25) is 0 Å². The highest BCUT2D eigenvalue weighted by Crippen LogP contribution is 2.24. The first-order chi connectivity index (χ1) is 6.63. The van der Waals surface area contributed by atoms with E-state index in [1.165, 1.54) is 19.4 Å². The average molecular weight is 199 g/mol. The summed E-state index contributed by atoms with van der Waals surface area (Å²) in [5.41, 5.74) is 5.79. The lowest BCUT2D eigenvalue weighted by Crippen LogP contribution is -2.45. The molecule has 0 amide bonds. The highest BCUT2D eigenvalue weighted by Gasteiger charge is 2.26. The van der Waals surface area contributed by atoms with Crippen LogP contribution in [0.3, 0.4) is 0 Å². The van der Waals surface area contributed by atoms with E-state index in [9.17, 15) is 0 Å². The van der Waals surface area contributed by atoms with Crippen molar-refractivity contribution in [2.45, 2.75) is 25.8 Å². The van der Waals surface area contributed by atoms with E-state index in [2.05, 4.69) is 31.2 Å². The van der Waals surface area contributed by atoms with Crippen LogP contribution in [0.5, 0.6) is 0 Å². The number of hydrogen-bond acceptors (Lipinski definition) is 3. The fourth-order valence-electron chi connectivity index (χ4n) is 2.30. The molecule has 1 aliphatic heterocycles. The van der Waals surface area contributed by atoms with Gasteiger partial charge in [-0.05, 0) is 65.3 Å². The van der Waals surface area contributed by atoms with Crippen LogP contribution in [0.4, 0.5) is 0 Å². The van der Waals surface area contributed by atoms with Crippen LogP contribution in [-0.2, 0) is 0 Å². The topological polar surface area (TPSA) is 41.3 Å². The average Bonchev–Trinajstić information content (AvgIpc) is 2.15. The predicted molar refractivity (Wildman–Crippen MR) is 61.3 cm³/mol. The second-order valence-electron chi connectivity index (χ2n) is 4.89. The van der Waals surface area contributed by atoms with Crippen LogP contribution in [0.25, 0.3) is 0 Å². The zero-order chi connectivity index (χ0) is 10.6. The zero-order valence-corrected chi connectivity index (χ0v) is 9.79. The van der Waals surface area contributed by atoms with Gasteiger partial charge in [0.1, 0.15) is 0 Å². The third-order valence-corrected chi connectivity index (χ3v) is 3.30. The van der Waals surface area contributed by atoms with E-state index in [1.807, 2.05) is 0 Å². The molecule has 1 saturated heterocycles. The van der Waals surface area contributed by atoms with Crippen molar-refractivity contribution in [3.63, 3.8) is 0 Å². The van der Waals surface area contributed by atoms with Gasteiger partial charge in [-0.3, -0.25) is 0 Å². The third-order valence-electron chi connectivity index (χ3n) is 3.30. The summed E-state index contributed by atoms with van der Waals surface area (Å²) in [4.78, 5) is 2.26. The van der Waals surface area contributed by atoms with Gasteiger partial charge in [-0.15, -0.1) is 0 Å². The Balaban J connectivity index is 2.36. The SMILES string of the molecule is CC1CC(CCN(C)C)C(CN)CN1. The predicted octanol–water partition coefficient (Wildman–Crippen LogP) is 0.511. The number of nitrogens with one attached hydrogen (secondary N) is 1. The van der Waals surface area contributed by atoms with Crippen LogP contribution >= 0.6 is 0 Å². The molecule has 3 atom stereocenters. The van der Waals surface area contributed by atoms with E-state index in [1.54, 1.807) is 0 Å². The van der Waals surface area contributed by atoms with Crippen molar-refractivity contribution in [1.82, 2.24) is 10.2 Å². The minimum atomic E-state index is 0.671. The van der Waals surface area contributed by atoms with Gasteiger partial charge >= 0.3 is 0 Å². The molecule has 0 aromatic carbocycles. The van der Waals surface area contributed by atoms with Gasteiger partial charge in [0.05, 0.1) is 0 Å². The maximum atomic E-state index is 5.79. The number of nitrogens with two attached hydrogens (primary N) is 1. The summed E-state index contributed by atoms with van der Waals surface area (Å²) in [6.07, 6.45) is 2.58. The van der Waals surface area contributed by atoms with E-state index >= 15 is 0 Å². The minimum absolute atomic E-state index is 0.671. The van der Waals surface area contributed by atoms with Crippen molar-refractivity contribution >= 4 is 0 Å². The Hall–Kier alpha value is -0.120. The Kier molecular flexibility index (Phi) is 4.85. The summed E-state index contributed by atoms with van der Waals surface area (Å²) in [5, 5.41) is 3.51. The highest BCUT2D eigenvalue weighted by atomic mass is 15.0. The third kappa shape index (κ3) is 3.56. The molecule has 3 unspecified atom stereocenters. The van der Waals surface area contributed by atoms with E-state index in [-0.39, 0.29) is 0 Å². The summed E-state index contributed by atoms with van der Waals surface area (Å²) in [6, 6.07) is 0.671. The zero-order valence-electron chi connectivity index (χ0n) is 9.79. The molecular formula is C11H25N3. The van der Waals surface area contributed by atoms with Crippen LogP contribution in [0.1, 0.15) is 19.8 Å². The van der Waals surface area contributed by atoms with Gasteiger partial charge in [0.15, 0.2) is 0 Å². The summed E-state index contributed by atoms with van der Waals surface area (Å²) in [6.45, 7) is 5.40. The van der Waals surface area contributed by atoms with Gasteiger partial charge in [0.25, 0.3) is 0 Å². The van der Waals surface area contributed by atoms with Crippen molar-refractivity contribution in [3.8, 4) is 0 Å². The normalized spacial score (nSPS) is 33.6. The van der Waals surface area contributed by atoms with E-state index < -0.39 is 0 Å². The quantitative estimate of drug-likeness (QED) is 0.693. The molecule has 1 aliphatic rings. The standard InChI is InChI=1S/C11H25N3/c1-9-6-10(4-5-14(2)3)11(7-12)8-13-9/h9-11,13H,4-8,12H2,1-3H3. The number of nitrogens with zero attached hydrogens (tertiary/aromatic N) is 1. The second kappa shape index (κ2) is 5.69. The van der Waals surface area contributed by atoms with Crippen molar-refractivity contribution in [1.29, 1.82) is 0 Å². The van der Waals surface area contributed by atoms with Crippen LogP contribution in [-0.4, -0.2) is 44.7 Å². The van der Waals surface area contributed by atoms with Gasteiger partial charge < -0.3 is 16.0 Å². The van der Waals surface area contributed by atoms with Gasteiger partial charge in [-0.1, -0.05) is 0 Å². The molecule has 3 N–H and O–H groups in total. The summed E-state index contributed by atoms with van der Waals surface area (Å²) in [5.74, 6) is 1.50. The Labute approximate surface area is 88.0 Å².